The molecule has 0 aromatic carbocycles. The molecule has 3 N–H and O–H groups in total. The first-order chi connectivity index (χ1) is 13.6. The Kier molecular flexibility index (Phi) is 7.73. The number of carbonyl (C=O) groups excluding carboxylic acids is 1. The van der Waals surface area contributed by atoms with Crippen LogP contribution in [0.25, 0.3) is 6.08 Å². The molecule has 0 fully saturated rings. The zero-order valence-electron chi connectivity index (χ0n) is 17.6. The first-order valence-corrected chi connectivity index (χ1v) is 9.92. The maximum atomic E-state index is 11.9. The summed E-state index contributed by atoms with van der Waals surface area (Å²) in [6.45, 7) is 9.50. The maximum absolute atomic E-state index is 11.9. The lowest BCUT2D eigenvalue weighted by atomic mass is 9.92. The van der Waals surface area contributed by atoms with E-state index >= 15 is 0 Å². The van der Waals surface area contributed by atoms with Gasteiger partial charge in [-0.3, -0.25) is 0 Å². The molecule has 2 unspecified atom stereocenters. The summed E-state index contributed by atoms with van der Waals surface area (Å²) in [5.74, 6) is 0.876. The molecule has 0 radical (unpaired) electrons. The number of nitrogens with two attached hydrogens (primary N) is 1. The molecular weight excluding hydrogens is 398 g/mol. The van der Waals surface area contributed by atoms with Crippen molar-refractivity contribution in [3.8, 4) is 11.6 Å². The molecule has 8 nitrogen and oxygen atoms in total. The molecule has 0 aliphatic heterocycles. The summed E-state index contributed by atoms with van der Waals surface area (Å²) in [5.41, 5.74) is 6.32. The van der Waals surface area contributed by atoms with Gasteiger partial charge in [0.1, 0.15) is 11.4 Å². The summed E-state index contributed by atoms with van der Waals surface area (Å²) < 4.78 is 22.3. The van der Waals surface area contributed by atoms with Crippen LogP contribution in [0.4, 0.5) is 4.79 Å². The second-order valence-corrected chi connectivity index (χ2v) is 8.56. The number of hydrogen-bond donors (Lipinski definition) is 2. The Labute approximate surface area is 176 Å². The summed E-state index contributed by atoms with van der Waals surface area (Å²) in [5, 5.41) is 2.62. The largest absolute Gasteiger partial charge is 0.478 e. The SMILES string of the molecule is CCOc1cc(OC(CNC(=O)OC(C)(C)C)OCN)c2c(n1)C(C)(Cl)CC=C2. The molecule has 29 heavy (non-hydrogen) atoms. The predicted octanol–water partition coefficient (Wildman–Crippen LogP) is 3.51. The highest BCUT2D eigenvalue weighted by Crippen LogP contribution is 2.42. The Hall–Kier alpha value is -2.03. The van der Waals surface area contributed by atoms with Crippen LogP contribution in [0.5, 0.6) is 11.6 Å². The summed E-state index contributed by atoms with van der Waals surface area (Å²) in [6.07, 6.45) is 3.07. The number of ether oxygens (including phenoxy) is 4. The van der Waals surface area contributed by atoms with Crippen LogP contribution in [0.2, 0.25) is 0 Å². The average molecular weight is 428 g/mol. The Balaban J connectivity index is 2.23. The summed E-state index contributed by atoms with van der Waals surface area (Å²) in [4.78, 5) is 15.8. The van der Waals surface area contributed by atoms with Crippen molar-refractivity contribution in [3.05, 3.63) is 23.4 Å². The highest BCUT2D eigenvalue weighted by molar-refractivity contribution is 6.24. The number of nitrogens with one attached hydrogen (secondary N) is 1. The number of alkyl halides is 1. The first-order valence-electron chi connectivity index (χ1n) is 9.54. The van der Waals surface area contributed by atoms with Crippen LogP contribution in [0.1, 0.15) is 52.3 Å². The van der Waals surface area contributed by atoms with Crippen LogP contribution in [-0.2, 0) is 14.3 Å². The molecule has 1 amide bonds. The van der Waals surface area contributed by atoms with Crippen LogP contribution in [0.15, 0.2) is 12.1 Å². The van der Waals surface area contributed by atoms with Crippen molar-refractivity contribution < 1.29 is 23.7 Å². The monoisotopic (exact) mass is 427 g/mol. The van der Waals surface area contributed by atoms with E-state index in [1.54, 1.807) is 26.8 Å². The smallest absolute Gasteiger partial charge is 0.407 e. The number of hydrogen-bond acceptors (Lipinski definition) is 7. The lowest BCUT2D eigenvalue weighted by Gasteiger charge is -2.28. The number of rotatable bonds is 8. The second kappa shape index (κ2) is 9.65. The van der Waals surface area contributed by atoms with Gasteiger partial charge in [0.15, 0.2) is 0 Å². The number of allylic oxidation sites excluding steroid dienone is 1. The summed E-state index contributed by atoms with van der Waals surface area (Å²) in [7, 11) is 0. The fourth-order valence-electron chi connectivity index (χ4n) is 2.75. The van der Waals surface area contributed by atoms with Gasteiger partial charge in [0.05, 0.1) is 30.5 Å². The van der Waals surface area contributed by atoms with E-state index in [0.29, 0.717) is 30.4 Å². The Bertz CT molecular complexity index is 746. The van der Waals surface area contributed by atoms with Gasteiger partial charge in [0, 0.05) is 11.6 Å². The normalized spacial score (nSPS) is 19.3. The van der Waals surface area contributed by atoms with Gasteiger partial charge < -0.3 is 30.0 Å². The second-order valence-electron chi connectivity index (χ2n) is 7.72. The number of halogens is 1. The van der Waals surface area contributed by atoms with Gasteiger partial charge in [0.25, 0.3) is 0 Å². The standard InChI is InChI=1S/C20H30ClN3O5/c1-6-26-15-10-14(13-8-7-9-20(5,21)17(13)24-15)28-16(27-12-22)11-23-18(25)29-19(2,3)4/h7-8,10,16H,6,9,11-12,22H2,1-5H3,(H,23,25). The van der Waals surface area contributed by atoms with E-state index in [0.717, 1.165) is 5.56 Å². The molecule has 0 saturated carbocycles. The molecule has 1 aromatic heterocycles. The van der Waals surface area contributed by atoms with E-state index in [1.807, 2.05) is 26.0 Å². The van der Waals surface area contributed by atoms with Gasteiger partial charge in [-0.05, 0) is 41.0 Å². The average Bonchev–Trinajstić information content (AvgIpc) is 2.59. The van der Waals surface area contributed by atoms with E-state index in [4.69, 9.17) is 36.3 Å². The fourth-order valence-corrected chi connectivity index (χ4v) is 2.98. The number of nitrogens with zero attached hydrogens (tertiary/aromatic N) is 1. The topological polar surface area (TPSA) is 105 Å². The van der Waals surface area contributed by atoms with E-state index in [9.17, 15) is 4.79 Å². The Morgan fingerprint density at radius 1 is 1.45 bits per heavy atom. The summed E-state index contributed by atoms with van der Waals surface area (Å²) in [6, 6.07) is 1.67. The molecule has 0 saturated heterocycles. The molecule has 2 atom stereocenters. The van der Waals surface area contributed by atoms with Crippen molar-refractivity contribution in [2.45, 2.75) is 57.8 Å². The minimum Gasteiger partial charge on any atom is -0.478 e. The van der Waals surface area contributed by atoms with Crippen LogP contribution >= 0.6 is 11.6 Å². The van der Waals surface area contributed by atoms with Crippen LogP contribution in [0, 0.1) is 0 Å². The molecular formula is C20H30ClN3O5. The van der Waals surface area contributed by atoms with Gasteiger partial charge in [0.2, 0.25) is 12.2 Å². The summed E-state index contributed by atoms with van der Waals surface area (Å²) >= 11 is 6.66. The zero-order valence-corrected chi connectivity index (χ0v) is 18.3. The number of fused-ring (bicyclic) bond motifs is 1. The highest BCUT2D eigenvalue weighted by atomic mass is 35.5. The zero-order chi connectivity index (χ0) is 21.7. The Morgan fingerprint density at radius 3 is 2.79 bits per heavy atom. The molecule has 0 spiro atoms. The third-order valence-electron chi connectivity index (χ3n) is 3.92. The van der Waals surface area contributed by atoms with Gasteiger partial charge in [-0.25, -0.2) is 9.78 Å². The van der Waals surface area contributed by atoms with Crippen LogP contribution < -0.4 is 20.5 Å². The molecule has 9 heteroatoms. The molecule has 162 valence electrons. The molecule has 1 aliphatic carbocycles. The fraction of sp³-hybridized carbons (Fsp3) is 0.600. The third-order valence-corrected chi connectivity index (χ3v) is 4.25. The predicted molar refractivity (Wildman–Crippen MR) is 111 cm³/mol. The molecule has 1 heterocycles. The van der Waals surface area contributed by atoms with Crippen molar-refractivity contribution in [1.29, 1.82) is 0 Å². The number of amides is 1. The van der Waals surface area contributed by atoms with Crippen molar-refractivity contribution in [3.63, 3.8) is 0 Å². The van der Waals surface area contributed by atoms with Gasteiger partial charge in [-0.1, -0.05) is 12.2 Å². The van der Waals surface area contributed by atoms with E-state index in [1.165, 1.54) is 0 Å². The minimum atomic E-state index is -0.842. The van der Waals surface area contributed by atoms with Crippen molar-refractivity contribution >= 4 is 23.8 Å². The molecule has 0 bridgehead atoms. The van der Waals surface area contributed by atoms with Gasteiger partial charge >= 0.3 is 6.09 Å². The number of aromatic nitrogens is 1. The van der Waals surface area contributed by atoms with Crippen molar-refractivity contribution in [1.82, 2.24) is 10.3 Å². The molecule has 1 aliphatic rings. The number of pyridine rings is 1. The van der Waals surface area contributed by atoms with E-state index in [-0.39, 0.29) is 13.3 Å². The van der Waals surface area contributed by atoms with Crippen LogP contribution in [0.3, 0.4) is 0 Å². The quantitative estimate of drug-likeness (QED) is 0.483. The lowest BCUT2D eigenvalue weighted by Crippen LogP contribution is -2.40. The van der Waals surface area contributed by atoms with Crippen molar-refractivity contribution in [2.24, 2.45) is 5.73 Å². The minimum absolute atomic E-state index is 0.0367. The molecule has 2 rings (SSSR count). The first kappa shape index (κ1) is 23.3. The lowest BCUT2D eigenvalue weighted by molar-refractivity contribution is -0.0761. The van der Waals surface area contributed by atoms with E-state index < -0.39 is 22.9 Å². The molecule has 1 aromatic rings. The maximum Gasteiger partial charge on any atom is 0.407 e. The van der Waals surface area contributed by atoms with Crippen LogP contribution in [-0.4, -0.2) is 42.9 Å². The number of carbonyl (C=O) groups is 1. The van der Waals surface area contributed by atoms with Crippen molar-refractivity contribution in [2.75, 3.05) is 19.9 Å². The van der Waals surface area contributed by atoms with Gasteiger partial charge in [-0.15, -0.1) is 11.6 Å². The number of alkyl carbamates (subject to hydrolysis) is 1. The third kappa shape index (κ3) is 6.76. The van der Waals surface area contributed by atoms with E-state index in [2.05, 4.69) is 10.3 Å². The Morgan fingerprint density at radius 2 is 2.17 bits per heavy atom. The highest BCUT2D eigenvalue weighted by Gasteiger charge is 2.32. The van der Waals surface area contributed by atoms with Gasteiger partial charge in [-0.2, -0.15) is 0 Å².